The van der Waals surface area contributed by atoms with Crippen LogP contribution in [0.5, 0.6) is 0 Å². The molecule has 1 N–H and O–H groups in total. The molecule has 4 nitrogen and oxygen atoms in total. The maximum Gasteiger partial charge on any atom is 0.0767 e. The molecule has 114 valence electrons. The third-order valence-electron chi connectivity index (χ3n) is 4.37. The highest BCUT2D eigenvalue weighted by atomic mass is 79.9. The average molecular weight is 344 g/mol. The van der Waals surface area contributed by atoms with Crippen molar-refractivity contribution < 1.29 is 5.11 Å². The molecule has 2 unspecified atom stereocenters. The first-order valence-electron chi connectivity index (χ1n) is 7.75. The zero-order chi connectivity index (χ0) is 14.7. The van der Waals surface area contributed by atoms with Crippen molar-refractivity contribution in [3.63, 3.8) is 0 Å². The topological polar surface area (TPSA) is 41.3 Å². The van der Waals surface area contributed by atoms with Gasteiger partial charge in [-0.15, -0.1) is 0 Å². The average Bonchev–Trinajstić information content (AvgIpc) is 2.77. The Bertz CT molecular complexity index is 447. The quantitative estimate of drug-likeness (QED) is 0.893. The van der Waals surface area contributed by atoms with E-state index in [1.807, 2.05) is 0 Å². The van der Waals surface area contributed by atoms with Gasteiger partial charge < -0.3 is 5.11 Å². The van der Waals surface area contributed by atoms with E-state index in [0.717, 1.165) is 51.1 Å². The largest absolute Gasteiger partial charge is 0.393 e. The molecular weight excluding hydrogens is 318 g/mol. The standard InChI is InChI=1S/C15H26BrN3O/c1-4-11-9-18(8-7-14(11)20)10-13-15(16)12(5-2)17-19(13)6-3/h11,14,20H,4-10H2,1-3H3. The number of aliphatic hydroxyl groups excluding tert-OH is 1. The number of halogens is 1. The van der Waals surface area contributed by atoms with Crippen LogP contribution in [0, 0.1) is 5.92 Å². The number of aliphatic hydroxyl groups is 1. The third-order valence-corrected chi connectivity index (χ3v) is 5.29. The van der Waals surface area contributed by atoms with Gasteiger partial charge in [-0.25, -0.2) is 0 Å². The number of aryl methyl sites for hydroxylation is 2. The van der Waals surface area contributed by atoms with E-state index in [1.165, 1.54) is 10.2 Å². The molecule has 1 aliphatic heterocycles. The van der Waals surface area contributed by atoms with Crippen molar-refractivity contribution in [1.82, 2.24) is 14.7 Å². The second-order valence-electron chi connectivity index (χ2n) is 5.64. The lowest BCUT2D eigenvalue weighted by Crippen LogP contribution is -2.42. The molecule has 1 aromatic rings. The minimum atomic E-state index is -0.123. The predicted molar refractivity (Wildman–Crippen MR) is 84.7 cm³/mol. The molecule has 2 atom stereocenters. The first-order valence-corrected chi connectivity index (χ1v) is 8.54. The second-order valence-corrected chi connectivity index (χ2v) is 6.43. The molecule has 1 saturated heterocycles. The molecule has 0 bridgehead atoms. The van der Waals surface area contributed by atoms with E-state index in [0.29, 0.717) is 5.92 Å². The fraction of sp³-hybridized carbons (Fsp3) is 0.800. The van der Waals surface area contributed by atoms with Gasteiger partial charge in [0.05, 0.1) is 22.0 Å². The van der Waals surface area contributed by atoms with Gasteiger partial charge in [-0.1, -0.05) is 13.8 Å². The summed E-state index contributed by atoms with van der Waals surface area (Å²) in [5.41, 5.74) is 2.42. The Morgan fingerprint density at radius 1 is 1.35 bits per heavy atom. The van der Waals surface area contributed by atoms with E-state index >= 15 is 0 Å². The molecule has 2 rings (SSSR count). The molecular formula is C15H26BrN3O. The Morgan fingerprint density at radius 3 is 2.70 bits per heavy atom. The molecule has 1 aliphatic rings. The van der Waals surface area contributed by atoms with Crippen LogP contribution in [0.25, 0.3) is 0 Å². The summed E-state index contributed by atoms with van der Waals surface area (Å²) >= 11 is 3.71. The van der Waals surface area contributed by atoms with Crippen LogP contribution in [-0.4, -0.2) is 39.0 Å². The number of nitrogens with zero attached hydrogens (tertiary/aromatic N) is 3. The van der Waals surface area contributed by atoms with Crippen LogP contribution in [0.4, 0.5) is 0 Å². The Morgan fingerprint density at radius 2 is 2.10 bits per heavy atom. The zero-order valence-electron chi connectivity index (χ0n) is 12.8. The van der Waals surface area contributed by atoms with E-state index in [2.05, 4.69) is 51.4 Å². The van der Waals surface area contributed by atoms with Crippen molar-refractivity contribution in [2.45, 2.75) is 59.2 Å². The smallest absolute Gasteiger partial charge is 0.0767 e. The Kier molecular flexibility index (Phi) is 5.64. The van der Waals surface area contributed by atoms with Gasteiger partial charge >= 0.3 is 0 Å². The molecule has 20 heavy (non-hydrogen) atoms. The number of hydrogen-bond donors (Lipinski definition) is 1. The highest BCUT2D eigenvalue weighted by Gasteiger charge is 2.27. The van der Waals surface area contributed by atoms with Gasteiger partial charge in [0.25, 0.3) is 0 Å². The highest BCUT2D eigenvalue weighted by molar-refractivity contribution is 9.10. The van der Waals surface area contributed by atoms with Crippen LogP contribution in [-0.2, 0) is 19.5 Å². The van der Waals surface area contributed by atoms with Crippen molar-refractivity contribution in [1.29, 1.82) is 0 Å². The van der Waals surface area contributed by atoms with Crippen molar-refractivity contribution in [3.05, 3.63) is 15.9 Å². The fourth-order valence-corrected chi connectivity index (χ4v) is 3.71. The lowest BCUT2D eigenvalue weighted by atomic mass is 9.92. The van der Waals surface area contributed by atoms with Crippen LogP contribution >= 0.6 is 15.9 Å². The summed E-state index contributed by atoms with van der Waals surface area (Å²) in [6, 6.07) is 0. The molecule has 5 heteroatoms. The molecule has 0 amide bonds. The second kappa shape index (κ2) is 7.05. The maximum atomic E-state index is 10.00. The minimum Gasteiger partial charge on any atom is -0.393 e. The summed E-state index contributed by atoms with van der Waals surface area (Å²) in [7, 11) is 0. The van der Waals surface area contributed by atoms with Gasteiger partial charge in [-0.05, 0) is 48.0 Å². The van der Waals surface area contributed by atoms with Crippen molar-refractivity contribution >= 4 is 15.9 Å². The summed E-state index contributed by atoms with van der Waals surface area (Å²) in [5.74, 6) is 0.408. The van der Waals surface area contributed by atoms with Crippen LogP contribution in [0.1, 0.15) is 45.0 Å². The van der Waals surface area contributed by atoms with Gasteiger partial charge in [0.1, 0.15) is 0 Å². The Balaban J connectivity index is 2.11. The number of rotatable bonds is 5. The Hall–Kier alpha value is -0.390. The molecule has 0 saturated carbocycles. The molecule has 1 fully saturated rings. The number of hydrogen-bond acceptors (Lipinski definition) is 3. The van der Waals surface area contributed by atoms with Crippen LogP contribution in [0.3, 0.4) is 0 Å². The fourth-order valence-electron chi connectivity index (χ4n) is 3.02. The predicted octanol–water partition coefficient (Wildman–Crippen LogP) is 2.82. The van der Waals surface area contributed by atoms with Gasteiger partial charge in [0, 0.05) is 26.2 Å². The first kappa shape index (κ1) is 16.0. The number of likely N-dealkylation sites (tertiary alicyclic amines) is 1. The van der Waals surface area contributed by atoms with E-state index in [1.54, 1.807) is 0 Å². The lowest BCUT2D eigenvalue weighted by molar-refractivity contribution is 0.0212. The van der Waals surface area contributed by atoms with Crippen LogP contribution < -0.4 is 0 Å². The van der Waals surface area contributed by atoms with E-state index in [9.17, 15) is 5.11 Å². The molecule has 0 radical (unpaired) electrons. The van der Waals surface area contributed by atoms with Crippen molar-refractivity contribution in [2.24, 2.45) is 5.92 Å². The van der Waals surface area contributed by atoms with E-state index in [-0.39, 0.29) is 6.10 Å². The van der Waals surface area contributed by atoms with E-state index in [4.69, 9.17) is 0 Å². The lowest BCUT2D eigenvalue weighted by Gasteiger charge is -2.35. The highest BCUT2D eigenvalue weighted by Crippen LogP contribution is 2.26. The first-order chi connectivity index (χ1) is 9.60. The van der Waals surface area contributed by atoms with Crippen molar-refractivity contribution in [3.8, 4) is 0 Å². The van der Waals surface area contributed by atoms with Gasteiger partial charge in [0.2, 0.25) is 0 Å². The SMILES string of the molecule is CCc1nn(CC)c(CN2CCC(O)C(CC)C2)c1Br. The number of aromatic nitrogens is 2. The maximum absolute atomic E-state index is 10.00. The monoisotopic (exact) mass is 343 g/mol. The van der Waals surface area contributed by atoms with Gasteiger partial charge in [-0.2, -0.15) is 5.10 Å². The summed E-state index contributed by atoms with van der Waals surface area (Å²) in [4.78, 5) is 2.45. The van der Waals surface area contributed by atoms with Crippen LogP contribution in [0.2, 0.25) is 0 Å². The molecule has 0 aromatic carbocycles. The van der Waals surface area contributed by atoms with Crippen LogP contribution in [0.15, 0.2) is 4.47 Å². The molecule has 2 heterocycles. The summed E-state index contributed by atoms with van der Waals surface area (Å²) in [5, 5.41) is 14.7. The number of piperidine rings is 1. The Labute approximate surface area is 130 Å². The molecule has 0 spiro atoms. The normalized spacial score (nSPS) is 24.2. The summed E-state index contributed by atoms with van der Waals surface area (Å²) < 4.78 is 3.27. The van der Waals surface area contributed by atoms with Gasteiger partial charge in [-0.3, -0.25) is 9.58 Å². The minimum absolute atomic E-state index is 0.123. The summed E-state index contributed by atoms with van der Waals surface area (Å²) in [6.07, 6.45) is 2.77. The molecule has 0 aliphatic carbocycles. The van der Waals surface area contributed by atoms with E-state index < -0.39 is 0 Å². The molecule has 1 aromatic heterocycles. The summed E-state index contributed by atoms with van der Waals surface area (Å²) in [6.45, 7) is 10.2. The van der Waals surface area contributed by atoms with Crippen molar-refractivity contribution in [2.75, 3.05) is 13.1 Å². The van der Waals surface area contributed by atoms with Gasteiger partial charge in [0.15, 0.2) is 0 Å². The third kappa shape index (κ3) is 3.26. The zero-order valence-corrected chi connectivity index (χ0v) is 14.4.